The fraction of sp³-hybridized carbons (Fsp3) is 0.111. The molecule has 0 amide bonds. The van der Waals surface area contributed by atoms with Crippen molar-refractivity contribution in [3.63, 3.8) is 0 Å². The zero-order valence-corrected chi connectivity index (χ0v) is 8.85. The number of aromatic nitrogens is 2. The number of nitrogens with zero attached hydrogens (tertiary/aromatic N) is 2. The molecule has 2 rings (SSSR count). The molecule has 0 aliphatic rings. The lowest BCUT2D eigenvalue weighted by molar-refractivity contribution is 1.05. The monoisotopic (exact) mass is 225 g/mol. The number of hydrogen-bond acceptors (Lipinski definition) is 4. The van der Waals surface area contributed by atoms with Gasteiger partial charge in [0.1, 0.15) is 5.51 Å². The SMILES string of the molecule is Clc1cccc(CNc2nncs2)c1. The van der Waals surface area contributed by atoms with Gasteiger partial charge in [0.25, 0.3) is 0 Å². The molecule has 14 heavy (non-hydrogen) atoms. The Morgan fingerprint density at radius 3 is 3.07 bits per heavy atom. The zero-order chi connectivity index (χ0) is 9.80. The third kappa shape index (κ3) is 2.43. The molecule has 0 spiro atoms. The van der Waals surface area contributed by atoms with Crippen LogP contribution in [0.4, 0.5) is 5.13 Å². The van der Waals surface area contributed by atoms with E-state index in [-0.39, 0.29) is 0 Å². The quantitative estimate of drug-likeness (QED) is 0.873. The number of anilines is 1. The summed E-state index contributed by atoms with van der Waals surface area (Å²) < 4.78 is 0. The molecule has 0 radical (unpaired) electrons. The molecule has 1 N–H and O–H groups in total. The van der Waals surface area contributed by atoms with Gasteiger partial charge >= 0.3 is 0 Å². The van der Waals surface area contributed by atoms with Crippen LogP contribution in [-0.2, 0) is 6.54 Å². The third-order valence-electron chi connectivity index (χ3n) is 1.69. The van der Waals surface area contributed by atoms with E-state index in [4.69, 9.17) is 11.6 Å². The molecule has 1 aromatic heterocycles. The molecule has 0 fully saturated rings. The van der Waals surface area contributed by atoms with Gasteiger partial charge in [0, 0.05) is 11.6 Å². The number of benzene rings is 1. The molecule has 1 heterocycles. The lowest BCUT2D eigenvalue weighted by Crippen LogP contribution is -1.98. The van der Waals surface area contributed by atoms with E-state index in [1.165, 1.54) is 11.3 Å². The van der Waals surface area contributed by atoms with Crippen molar-refractivity contribution in [1.82, 2.24) is 10.2 Å². The van der Waals surface area contributed by atoms with Gasteiger partial charge in [-0.05, 0) is 17.7 Å². The van der Waals surface area contributed by atoms with E-state index in [9.17, 15) is 0 Å². The van der Waals surface area contributed by atoms with Crippen LogP contribution in [0.25, 0.3) is 0 Å². The highest BCUT2D eigenvalue weighted by Crippen LogP contribution is 2.13. The second-order valence-electron chi connectivity index (χ2n) is 2.73. The molecule has 0 bridgehead atoms. The highest BCUT2D eigenvalue weighted by atomic mass is 35.5. The minimum atomic E-state index is 0.718. The van der Waals surface area contributed by atoms with Gasteiger partial charge in [-0.15, -0.1) is 10.2 Å². The standard InChI is InChI=1S/C9H8ClN3S/c10-8-3-1-2-7(4-8)5-11-9-13-12-6-14-9/h1-4,6H,5H2,(H,11,13). The lowest BCUT2D eigenvalue weighted by atomic mass is 10.2. The second-order valence-corrected chi connectivity index (χ2v) is 4.00. The molecule has 0 saturated carbocycles. The van der Waals surface area contributed by atoms with Gasteiger partial charge in [-0.25, -0.2) is 0 Å². The Balaban J connectivity index is 1.98. The summed E-state index contributed by atoms with van der Waals surface area (Å²) in [6.45, 7) is 0.718. The van der Waals surface area contributed by atoms with E-state index in [1.807, 2.05) is 24.3 Å². The van der Waals surface area contributed by atoms with Crippen molar-refractivity contribution in [2.24, 2.45) is 0 Å². The van der Waals surface area contributed by atoms with Gasteiger partial charge in [0.15, 0.2) is 0 Å². The number of halogens is 1. The number of nitrogens with one attached hydrogen (secondary N) is 1. The Labute approximate surface area is 90.8 Å². The minimum absolute atomic E-state index is 0.718. The number of rotatable bonds is 3. The van der Waals surface area contributed by atoms with Crippen molar-refractivity contribution < 1.29 is 0 Å². The van der Waals surface area contributed by atoms with Crippen molar-refractivity contribution >= 4 is 28.1 Å². The minimum Gasteiger partial charge on any atom is -0.356 e. The van der Waals surface area contributed by atoms with Crippen LogP contribution in [-0.4, -0.2) is 10.2 Å². The molecule has 72 valence electrons. The third-order valence-corrected chi connectivity index (χ3v) is 2.58. The molecule has 5 heteroatoms. The van der Waals surface area contributed by atoms with Crippen LogP contribution in [0.1, 0.15) is 5.56 Å². The first-order chi connectivity index (χ1) is 6.84. The predicted molar refractivity (Wildman–Crippen MR) is 58.7 cm³/mol. The van der Waals surface area contributed by atoms with Crippen LogP contribution in [0.15, 0.2) is 29.8 Å². The summed E-state index contributed by atoms with van der Waals surface area (Å²) in [6, 6.07) is 7.73. The van der Waals surface area contributed by atoms with Gasteiger partial charge in [0.2, 0.25) is 5.13 Å². The normalized spacial score (nSPS) is 10.1. The summed E-state index contributed by atoms with van der Waals surface area (Å²) >= 11 is 7.33. The maximum atomic E-state index is 5.85. The van der Waals surface area contributed by atoms with Crippen molar-refractivity contribution in [1.29, 1.82) is 0 Å². The zero-order valence-electron chi connectivity index (χ0n) is 7.27. The van der Waals surface area contributed by atoms with E-state index in [0.29, 0.717) is 0 Å². The van der Waals surface area contributed by atoms with Crippen LogP contribution in [0.3, 0.4) is 0 Å². The smallest absolute Gasteiger partial charge is 0.205 e. The van der Waals surface area contributed by atoms with Gasteiger partial charge in [-0.3, -0.25) is 0 Å². The van der Waals surface area contributed by atoms with Gasteiger partial charge < -0.3 is 5.32 Å². The van der Waals surface area contributed by atoms with E-state index in [2.05, 4.69) is 15.5 Å². The predicted octanol–water partition coefficient (Wildman–Crippen LogP) is 2.80. The van der Waals surface area contributed by atoms with Crippen LogP contribution >= 0.6 is 22.9 Å². The Bertz CT molecular complexity index is 402. The maximum Gasteiger partial charge on any atom is 0.205 e. The van der Waals surface area contributed by atoms with Crippen LogP contribution in [0, 0.1) is 0 Å². The van der Waals surface area contributed by atoms with Crippen LogP contribution in [0.2, 0.25) is 5.02 Å². The first-order valence-electron chi connectivity index (χ1n) is 4.09. The van der Waals surface area contributed by atoms with Crippen molar-refractivity contribution in [2.75, 3.05) is 5.32 Å². The van der Waals surface area contributed by atoms with Gasteiger partial charge in [-0.2, -0.15) is 0 Å². The molecule has 0 saturated heterocycles. The Morgan fingerprint density at radius 2 is 2.36 bits per heavy atom. The first kappa shape index (κ1) is 9.43. The van der Waals surface area contributed by atoms with Crippen LogP contribution < -0.4 is 5.32 Å². The largest absolute Gasteiger partial charge is 0.356 e. The Kier molecular flexibility index (Phi) is 2.96. The summed E-state index contributed by atoms with van der Waals surface area (Å²) in [7, 11) is 0. The topological polar surface area (TPSA) is 37.8 Å². The van der Waals surface area contributed by atoms with E-state index >= 15 is 0 Å². The lowest BCUT2D eigenvalue weighted by Gasteiger charge is -2.01. The van der Waals surface area contributed by atoms with E-state index in [0.717, 1.165) is 22.3 Å². The molecular formula is C9H8ClN3S. The molecule has 2 aromatic rings. The summed E-state index contributed by atoms with van der Waals surface area (Å²) in [5, 5.41) is 12.3. The van der Waals surface area contributed by atoms with E-state index < -0.39 is 0 Å². The number of hydrogen-bond donors (Lipinski definition) is 1. The Morgan fingerprint density at radius 1 is 1.43 bits per heavy atom. The highest BCUT2D eigenvalue weighted by Gasteiger charge is 1.96. The average Bonchev–Trinajstić information content (AvgIpc) is 2.67. The molecular weight excluding hydrogens is 218 g/mol. The molecule has 0 unspecified atom stereocenters. The van der Waals surface area contributed by atoms with Gasteiger partial charge in [-0.1, -0.05) is 35.1 Å². The van der Waals surface area contributed by atoms with Gasteiger partial charge in [0.05, 0.1) is 0 Å². The summed E-state index contributed by atoms with van der Waals surface area (Å²) in [5.74, 6) is 0. The summed E-state index contributed by atoms with van der Waals surface area (Å²) in [4.78, 5) is 0. The van der Waals surface area contributed by atoms with E-state index in [1.54, 1.807) is 5.51 Å². The molecule has 0 atom stereocenters. The molecule has 3 nitrogen and oxygen atoms in total. The maximum absolute atomic E-state index is 5.85. The first-order valence-corrected chi connectivity index (χ1v) is 5.35. The summed E-state index contributed by atoms with van der Waals surface area (Å²) in [5.41, 5.74) is 2.83. The van der Waals surface area contributed by atoms with Crippen LogP contribution in [0.5, 0.6) is 0 Å². The molecule has 0 aliphatic heterocycles. The van der Waals surface area contributed by atoms with Crippen molar-refractivity contribution in [3.05, 3.63) is 40.4 Å². The Hall–Kier alpha value is -1.13. The fourth-order valence-electron chi connectivity index (χ4n) is 1.07. The highest BCUT2D eigenvalue weighted by molar-refractivity contribution is 7.13. The molecule has 1 aromatic carbocycles. The fourth-order valence-corrected chi connectivity index (χ4v) is 1.73. The average molecular weight is 226 g/mol. The van der Waals surface area contributed by atoms with Crippen molar-refractivity contribution in [2.45, 2.75) is 6.54 Å². The summed E-state index contributed by atoms with van der Waals surface area (Å²) in [6.07, 6.45) is 0. The molecule has 0 aliphatic carbocycles. The second kappa shape index (κ2) is 4.39. The van der Waals surface area contributed by atoms with Crippen molar-refractivity contribution in [3.8, 4) is 0 Å².